The number of halogens is 4. The maximum Gasteiger partial charge on any atom is 0.408 e. The second kappa shape index (κ2) is 15.2. The van der Waals surface area contributed by atoms with Crippen molar-refractivity contribution in [1.82, 2.24) is 30.2 Å². The highest BCUT2D eigenvalue weighted by molar-refractivity contribution is 7.91. The number of hydrogen-bond acceptors (Lipinski definition) is 11. The Kier molecular flexibility index (Phi) is 10.7. The van der Waals surface area contributed by atoms with Crippen molar-refractivity contribution in [3.8, 4) is 23.8 Å². The maximum absolute atomic E-state index is 16.4. The van der Waals surface area contributed by atoms with Crippen LogP contribution in [-0.4, -0.2) is 94.6 Å². The summed E-state index contributed by atoms with van der Waals surface area (Å²) >= 11 is 0. The lowest BCUT2D eigenvalue weighted by molar-refractivity contribution is -0.143. The first-order chi connectivity index (χ1) is 29.1. The van der Waals surface area contributed by atoms with E-state index in [1.165, 1.54) is 25.1 Å². The molecule has 8 rings (SSSR count). The smallest absolute Gasteiger partial charge is 0.408 e. The van der Waals surface area contributed by atoms with Gasteiger partial charge in [-0.05, 0) is 69.1 Å². The fourth-order valence-electron chi connectivity index (χ4n) is 9.11. The number of amides is 4. The molecule has 2 bridgehead atoms. The van der Waals surface area contributed by atoms with E-state index in [0.717, 1.165) is 4.90 Å². The summed E-state index contributed by atoms with van der Waals surface area (Å²) in [6, 6.07) is 3.09. The Morgan fingerprint density at radius 3 is 2.44 bits per heavy atom. The molecule has 3 N–H and O–H groups in total. The third-order valence-electron chi connectivity index (χ3n) is 13.3. The van der Waals surface area contributed by atoms with Crippen molar-refractivity contribution in [2.45, 2.75) is 132 Å². The number of fused-ring (bicyclic) bond motifs is 7. The summed E-state index contributed by atoms with van der Waals surface area (Å²) in [5.74, 6) is -3.54. The number of aromatic nitrogens is 2. The second-order valence-corrected chi connectivity index (χ2v) is 21.0. The van der Waals surface area contributed by atoms with Gasteiger partial charge in [0.05, 0.1) is 39.9 Å². The normalized spacial score (nSPS) is 32.4. The third-order valence-corrected chi connectivity index (χ3v) is 15.5. The molecule has 3 heterocycles. The molecule has 2 aromatic rings. The molecule has 0 spiro atoms. The fraction of sp³-hybridized carbons (Fsp3) is 0.643. The zero-order valence-electron chi connectivity index (χ0n) is 34.5. The highest BCUT2D eigenvalue weighted by atomic mass is 32.2. The molecule has 6 aliphatic rings. The molecule has 9 atom stereocenters. The molecule has 332 valence electrons. The number of carbonyl (C=O) groups excluding carboxylic acids is 4. The lowest BCUT2D eigenvalue weighted by atomic mass is 9.81. The van der Waals surface area contributed by atoms with E-state index < -0.39 is 129 Å². The molecule has 1 aromatic heterocycles. The Morgan fingerprint density at radius 2 is 1.81 bits per heavy atom. The number of nitrogens with one attached hydrogen (secondary N) is 3. The van der Waals surface area contributed by atoms with Crippen LogP contribution < -0.4 is 20.1 Å². The molecule has 62 heavy (non-hydrogen) atoms. The van der Waals surface area contributed by atoms with Gasteiger partial charge < -0.3 is 25.0 Å². The van der Waals surface area contributed by atoms with Gasteiger partial charge in [0.2, 0.25) is 34.1 Å². The molecule has 1 aromatic carbocycles. The summed E-state index contributed by atoms with van der Waals surface area (Å²) in [5.41, 5.74) is -3.96. The number of rotatable bonds is 6. The quantitative estimate of drug-likeness (QED) is 0.273. The van der Waals surface area contributed by atoms with E-state index >= 15 is 8.78 Å². The summed E-state index contributed by atoms with van der Waals surface area (Å²) in [4.78, 5) is 66.1. The van der Waals surface area contributed by atoms with E-state index in [2.05, 4.69) is 32.4 Å². The number of carbonyl (C=O) groups is 4. The van der Waals surface area contributed by atoms with Crippen molar-refractivity contribution in [3.05, 3.63) is 29.5 Å². The van der Waals surface area contributed by atoms with Crippen LogP contribution in [0.2, 0.25) is 0 Å². The fourth-order valence-corrected chi connectivity index (χ4v) is 10.4. The zero-order valence-corrected chi connectivity index (χ0v) is 35.3. The average Bonchev–Trinajstić information content (AvgIpc) is 4.06. The van der Waals surface area contributed by atoms with Gasteiger partial charge in [0, 0.05) is 30.6 Å². The van der Waals surface area contributed by atoms with Gasteiger partial charge in [-0.2, -0.15) is 14.0 Å². The summed E-state index contributed by atoms with van der Waals surface area (Å²) in [7, 11) is -4.32. The van der Waals surface area contributed by atoms with E-state index in [9.17, 15) is 41.6 Å². The van der Waals surface area contributed by atoms with Crippen molar-refractivity contribution < 1.29 is 54.6 Å². The van der Waals surface area contributed by atoms with Gasteiger partial charge in [0.1, 0.15) is 29.8 Å². The number of alkyl carbamates (subject to hydrolysis) is 1. The predicted molar refractivity (Wildman–Crippen MR) is 210 cm³/mol. The zero-order chi connectivity index (χ0) is 44.7. The number of ether oxygens (including phenoxy) is 2. The summed E-state index contributed by atoms with van der Waals surface area (Å²) in [5, 5.41) is 14.5. The Hall–Kier alpha value is -5.24. The first kappa shape index (κ1) is 43.4. The summed E-state index contributed by atoms with van der Waals surface area (Å²) < 4.78 is 100. The van der Waals surface area contributed by atoms with Crippen molar-refractivity contribution in [1.29, 1.82) is 5.26 Å². The van der Waals surface area contributed by atoms with Crippen molar-refractivity contribution in [2.75, 3.05) is 6.54 Å². The number of benzene rings is 1. The summed E-state index contributed by atoms with van der Waals surface area (Å²) in [6.45, 7) is 5.88. The van der Waals surface area contributed by atoms with Crippen LogP contribution >= 0.6 is 0 Å². The molecule has 3 saturated carbocycles. The van der Waals surface area contributed by atoms with E-state index in [-0.39, 0.29) is 53.6 Å². The molecular weight excluding hydrogens is 839 g/mol. The molecule has 15 nitrogen and oxygen atoms in total. The van der Waals surface area contributed by atoms with Gasteiger partial charge in [-0.3, -0.25) is 19.1 Å². The van der Waals surface area contributed by atoms with Crippen LogP contribution in [0.4, 0.5) is 22.4 Å². The molecule has 0 unspecified atom stereocenters. The van der Waals surface area contributed by atoms with Gasteiger partial charge in [-0.15, -0.1) is 0 Å². The molecule has 4 aliphatic carbocycles. The third kappa shape index (κ3) is 7.88. The van der Waals surface area contributed by atoms with Crippen molar-refractivity contribution in [3.63, 3.8) is 0 Å². The lowest BCUT2D eigenvalue weighted by Gasteiger charge is -2.35. The van der Waals surface area contributed by atoms with Gasteiger partial charge in [-0.25, -0.2) is 32.0 Å². The number of nitriles is 1. The van der Waals surface area contributed by atoms with E-state index in [0.29, 0.717) is 19.3 Å². The molecule has 2 aliphatic heterocycles. The molecule has 1 saturated heterocycles. The Morgan fingerprint density at radius 1 is 1.06 bits per heavy atom. The monoisotopic (exact) mass is 885 g/mol. The molecular formula is C42H47F4N7O8S. The van der Waals surface area contributed by atoms with Crippen LogP contribution in [0.15, 0.2) is 18.2 Å². The van der Waals surface area contributed by atoms with Gasteiger partial charge >= 0.3 is 6.09 Å². The largest absolute Gasteiger partial charge is 0.471 e. The molecule has 0 radical (unpaired) electrons. The minimum absolute atomic E-state index is 0.0370. The predicted octanol–water partition coefficient (Wildman–Crippen LogP) is 4.43. The van der Waals surface area contributed by atoms with Crippen molar-refractivity contribution in [2.24, 2.45) is 29.1 Å². The van der Waals surface area contributed by atoms with Gasteiger partial charge in [0.25, 0.3) is 11.8 Å². The highest BCUT2D eigenvalue weighted by Crippen LogP contribution is 2.50. The average molecular weight is 886 g/mol. The first-order valence-electron chi connectivity index (χ1n) is 20.8. The number of nitrogens with zero attached hydrogens (tertiary/aromatic N) is 4. The Bertz CT molecular complexity index is 2440. The van der Waals surface area contributed by atoms with Gasteiger partial charge in [-0.1, -0.05) is 39.0 Å². The van der Waals surface area contributed by atoms with E-state index in [4.69, 9.17) is 9.47 Å². The van der Waals surface area contributed by atoms with Crippen LogP contribution in [0.5, 0.6) is 5.88 Å². The Labute approximate surface area is 355 Å². The first-order valence-corrected chi connectivity index (χ1v) is 22.3. The Balaban J connectivity index is 1.17. The maximum atomic E-state index is 16.4. The van der Waals surface area contributed by atoms with Crippen LogP contribution in [0.1, 0.15) is 96.7 Å². The highest BCUT2D eigenvalue weighted by Gasteiger charge is 2.67. The number of sulfonamides is 1. The molecule has 4 amide bonds. The topological polar surface area (TPSA) is 210 Å². The van der Waals surface area contributed by atoms with Crippen LogP contribution in [0.25, 0.3) is 11.0 Å². The number of alkyl halides is 4. The van der Waals surface area contributed by atoms with Crippen LogP contribution in [-0.2, 0) is 35.1 Å². The van der Waals surface area contributed by atoms with Gasteiger partial charge in [0.15, 0.2) is 5.69 Å². The SMILES string of the molecule is CC(C)(C)[C@@H]1NC(=O)O[C@@H]2C[C@@H]3C#C[C@@H]3[C@H]2CCCCC(F)(F)c2nc3ccc(C#N)cc3nc2O[C@@H]2C[C@@H](C(=O)N[C@]3(C(=O)NS(=O)(=O)C4(C)CC4)C[C@H]3C(F)F)N(C2)C1=O. The minimum Gasteiger partial charge on any atom is -0.471 e. The number of hydrogen-bond donors (Lipinski definition) is 3. The van der Waals surface area contributed by atoms with E-state index in [1.807, 2.05) is 10.8 Å². The minimum atomic E-state index is -4.32. The van der Waals surface area contributed by atoms with Crippen LogP contribution in [0.3, 0.4) is 0 Å². The summed E-state index contributed by atoms with van der Waals surface area (Å²) in [6.07, 6.45) is -6.03. The molecule has 20 heteroatoms. The molecule has 4 fully saturated rings. The lowest BCUT2D eigenvalue weighted by Crippen LogP contribution is -2.60. The van der Waals surface area contributed by atoms with Crippen molar-refractivity contribution >= 4 is 44.9 Å². The standard InChI is InChI=1S/C42H47F4N7O8S/c1-39(2,3)32-36(55)53-20-23(17-29(53)34(54)51-41(18-26(41)33(43)44)37(56)52-62(58,59)40(4)13-14-40)60-35-31(48-27-11-8-21(19-47)15-28(27)49-35)42(45,46)12-6-5-7-25-24-10-9-22(24)16-30(25)61-38(57)50-32/h8,11,15,22-26,29-30,32-33H,5-7,12-14,16-18,20H2,1-4H3,(H,50,57)(H,51,54)(H,52,56)/t22-,23+,24-,25+,26-,29-,30+,32+,41+/m0/s1. The van der Waals surface area contributed by atoms with Crippen LogP contribution in [0, 0.1) is 52.3 Å². The van der Waals surface area contributed by atoms with E-state index in [1.54, 1.807) is 20.8 Å². The second-order valence-electron chi connectivity index (χ2n) is 18.8.